The molecule has 3 rings (SSSR count). The van der Waals surface area contributed by atoms with E-state index in [0.29, 0.717) is 5.56 Å². The van der Waals surface area contributed by atoms with Gasteiger partial charge in [0, 0.05) is 18.2 Å². The lowest BCUT2D eigenvalue weighted by atomic mass is 10.00. The van der Waals surface area contributed by atoms with Gasteiger partial charge < -0.3 is 19.5 Å². The number of benzene rings is 2. The number of nitrogens with zero attached hydrogens (tertiary/aromatic N) is 1. The molecular weight excluding hydrogens is 420 g/mol. The summed E-state index contributed by atoms with van der Waals surface area (Å²) in [4.78, 5) is 24.4. The zero-order chi connectivity index (χ0) is 22.2. The Morgan fingerprint density at radius 2 is 2.00 bits per heavy atom. The fourth-order valence-electron chi connectivity index (χ4n) is 3.29. The van der Waals surface area contributed by atoms with Gasteiger partial charge in [-0.1, -0.05) is 11.6 Å². The van der Waals surface area contributed by atoms with E-state index in [4.69, 9.17) is 16.3 Å². The lowest BCUT2D eigenvalue weighted by molar-refractivity contribution is 0.0694. The monoisotopic (exact) mass is 437 g/mol. The van der Waals surface area contributed by atoms with Crippen LogP contribution in [-0.2, 0) is 6.42 Å². The number of methoxy groups -OCH3 is 1. The van der Waals surface area contributed by atoms with E-state index in [1.807, 2.05) is 0 Å². The number of hydrogen-bond acceptors (Lipinski definition) is 4. The van der Waals surface area contributed by atoms with Crippen LogP contribution in [0.3, 0.4) is 0 Å². The van der Waals surface area contributed by atoms with Crippen molar-refractivity contribution in [3.8, 4) is 5.75 Å². The van der Waals surface area contributed by atoms with E-state index in [1.54, 1.807) is 6.92 Å². The van der Waals surface area contributed by atoms with Crippen LogP contribution in [0.5, 0.6) is 5.75 Å². The van der Waals surface area contributed by atoms with Gasteiger partial charge in [-0.25, -0.2) is 13.6 Å². The Morgan fingerprint density at radius 1 is 1.30 bits per heavy atom. The van der Waals surface area contributed by atoms with Crippen molar-refractivity contribution in [2.75, 3.05) is 13.7 Å². The molecule has 0 spiro atoms. The number of ether oxygens (including phenoxy) is 1. The molecule has 9 heteroatoms. The third-order valence-electron chi connectivity index (χ3n) is 4.86. The maximum Gasteiger partial charge on any atom is 0.341 e. The summed E-state index contributed by atoms with van der Waals surface area (Å²) in [6, 6.07) is 4.45. The zero-order valence-corrected chi connectivity index (χ0v) is 16.8. The van der Waals surface area contributed by atoms with Crippen molar-refractivity contribution in [3.63, 3.8) is 0 Å². The van der Waals surface area contributed by atoms with Gasteiger partial charge in [-0.15, -0.1) is 0 Å². The number of carbonyl (C=O) groups is 1. The first-order valence-corrected chi connectivity index (χ1v) is 9.29. The van der Waals surface area contributed by atoms with Gasteiger partial charge >= 0.3 is 5.97 Å². The molecule has 1 heterocycles. The van der Waals surface area contributed by atoms with E-state index in [2.05, 4.69) is 0 Å². The Balaban J connectivity index is 2.33. The molecule has 30 heavy (non-hydrogen) atoms. The third kappa shape index (κ3) is 3.76. The molecule has 0 aliphatic heterocycles. The van der Waals surface area contributed by atoms with Gasteiger partial charge in [0.2, 0.25) is 5.43 Å². The van der Waals surface area contributed by atoms with Crippen LogP contribution < -0.4 is 10.2 Å². The van der Waals surface area contributed by atoms with Crippen molar-refractivity contribution in [2.45, 2.75) is 19.4 Å². The van der Waals surface area contributed by atoms with Gasteiger partial charge in [0.25, 0.3) is 0 Å². The molecule has 0 saturated heterocycles. The van der Waals surface area contributed by atoms with Gasteiger partial charge in [-0.2, -0.15) is 0 Å². The van der Waals surface area contributed by atoms with E-state index in [0.717, 1.165) is 18.3 Å². The molecule has 6 nitrogen and oxygen atoms in total. The second-order valence-electron chi connectivity index (χ2n) is 6.81. The van der Waals surface area contributed by atoms with Gasteiger partial charge in [0.15, 0.2) is 0 Å². The van der Waals surface area contributed by atoms with Crippen LogP contribution >= 0.6 is 11.6 Å². The summed E-state index contributed by atoms with van der Waals surface area (Å²) < 4.78 is 35.3. The number of rotatable bonds is 6. The van der Waals surface area contributed by atoms with E-state index in [1.165, 1.54) is 23.8 Å². The maximum absolute atomic E-state index is 14.3. The molecule has 0 bridgehead atoms. The molecule has 0 fully saturated rings. The van der Waals surface area contributed by atoms with Gasteiger partial charge in [0.1, 0.15) is 22.9 Å². The summed E-state index contributed by atoms with van der Waals surface area (Å²) in [7, 11) is 1.35. The first kappa shape index (κ1) is 21.7. The molecule has 2 aromatic carbocycles. The topological polar surface area (TPSA) is 88.8 Å². The van der Waals surface area contributed by atoms with E-state index >= 15 is 0 Å². The smallest absolute Gasteiger partial charge is 0.341 e. The number of aliphatic hydroxyl groups is 1. The van der Waals surface area contributed by atoms with Crippen LogP contribution in [0.1, 0.15) is 34.5 Å². The van der Waals surface area contributed by atoms with Gasteiger partial charge in [-0.05, 0) is 36.8 Å². The Kier molecular flexibility index (Phi) is 6.09. The number of halogens is 3. The van der Waals surface area contributed by atoms with Crippen molar-refractivity contribution < 1.29 is 28.5 Å². The fraction of sp³-hybridized carbons (Fsp3) is 0.238. The minimum Gasteiger partial charge on any atom is -0.495 e. The molecule has 1 atom stereocenters. The highest BCUT2D eigenvalue weighted by atomic mass is 35.5. The average Bonchev–Trinajstić information content (AvgIpc) is 2.73. The zero-order valence-electron chi connectivity index (χ0n) is 16.1. The van der Waals surface area contributed by atoms with Crippen molar-refractivity contribution in [3.05, 3.63) is 74.0 Å². The lowest BCUT2D eigenvalue weighted by Crippen LogP contribution is -2.22. The van der Waals surface area contributed by atoms with Crippen LogP contribution in [0.4, 0.5) is 8.78 Å². The highest BCUT2D eigenvalue weighted by Gasteiger charge is 2.21. The molecule has 0 aliphatic carbocycles. The maximum atomic E-state index is 14.3. The number of aromatic nitrogens is 1. The predicted molar refractivity (Wildman–Crippen MR) is 108 cm³/mol. The molecule has 3 aromatic rings. The Bertz CT molecular complexity index is 1210. The Labute approximate surface area is 174 Å². The quantitative estimate of drug-likeness (QED) is 0.573. The van der Waals surface area contributed by atoms with Crippen LogP contribution in [0.2, 0.25) is 5.02 Å². The van der Waals surface area contributed by atoms with Gasteiger partial charge in [0.05, 0.1) is 35.7 Å². The minimum atomic E-state index is -1.43. The predicted octanol–water partition coefficient (Wildman–Crippen LogP) is 3.78. The fourth-order valence-corrected chi connectivity index (χ4v) is 3.47. The molecular formula is C21H18ClF2NO5. The average molecular weight is 438 g/mol. The van der Waals surface area contributed by atoms with E-state index in [-0.39, 0.29) is 40.3 Å². The molecule has 2 N–H and O–H groups in total. The number of aliphatic hydroxyl groups excluding tert-OH is 1. The second-order valence-corrected chi connectivity index (χ2v) is 7.22. The first-order chi connectivity index (χ1) is 14.2. The third-order valence-corrected chi connectivity index (χ3v) is 5.15. The number of aromatic carboxylic acids is 1. The first-order valence-electron chi connectivity index (χ1n) is 8.91. The Hall–Kier alpha value is -2.97. The van der Waals surface area contributed by atoms with Crippen LogP contribution in [-0.4, -0.2) is 34.5 Å². The molecule has 158 valence electrons. The minimum absolute atomic E-state index is 0.00704. The summed E-state index contributed by atoms with van der Waals surface area (Å²) in [5.41, 5.74) is -0.970. The molecule has 1 unspecified atom stereocenters. The lowest BCUT2D eigenvalue weighted by Gasteiger charge is -2.20. The largest absolute Gasteiger partial charge is 0.495 e. The number of carboxylic acids is 1. The summed E-state index contributed by atoms with van der Waals surface area (Å²) in [6.45, 7) is 1.32. The highest BCUT2D eigenvalue weighted by Crippen LogP contribution is 2.31. The number of fused-ring (bicyclic) bond motifs is 1. The van der Waals surface area contributed by atoms with E-state index in [9.17, 15) is 28.6 Å². The molecule has 0 radical (unpaired) electrons. The van der Waals surface area contributed by atoms with E-state index < -0.39 is 34.6 Å². The normalized spacial score (nSPS) is 12.2. The number of pyridine rings is 1. The molecule has 0 amide bonds. The summed E-state index contributed by atoms with van der Waals surface area (Å²) >= 11 is 5.75. The van der Waals surface area contributed by atoms with Crippen LogP contribution in [0.15, 0.2) is 35.3 Å². The number of hydrogen-bond donors (Lipinski definition) is 2. The van der Waals surface area contributed by atoms with Crippen LogP contribution in [0.25, 0.3) is 10.9 Å². The standard InChI is InChI=1S/C21H18ClF2NO5/c1-10(9-26)25-8-14(21(28)29)20(27)13-6-11(7-17(30-2)19(13)25)5-12-16(23)4-3-15(22)18(12)24/h3-4,6-8,10,26H,5,9H2,1-2H3,(H,28,29). The van der Waals surface area contributed by atoms with Crippen molar-refractivity contribution >= 4 is 28.5 Å². The summed E-state index contributed by atoms with van der Waals surface area (Å²) in [5.74, 6) is -2.96. The highest BCUT2D eigenvalue weighted by molar-refractivity contribution is 6.30. The molecule has 0 saturated carbocycles. The van der Waals surface area contributed by atoms with Crippen LogP contribution in [0, 0.1) is 11.6 Å². The summed E-state index contributed by atoms with van der Waals surface area (Å²) in [5, 5.41) is 18.7. The summed E-state index contributed by atoms with van der Waals surface area (Å²) in [6.07, 6.45) is 0.906. The molecule has 1 aromatic heterocycles. The number of carboxylic acid groups (broad SMARTS) is 1. The Morgan fingerprint density at radius 3 is 2.60 bits per heavy atom. The van der Waals surface area contributed by atoms with Crippen molar-refractivity contribution in [1.82, 2.24) is 4.57 Å². The van der Waals surface area contributed by atoms with Gasteiger partial charge in [-0.3, -0.25) is 4.79 Å². The molecule has 0 aliphatic rings. The van der Waals surface area contributed by atoms with Crippen molar-refractivity contribution in [1.29, 1.82) is 0 Å². The SMILES string of the molecule is COc1cc(Cc2c(F)ccc(Cl)c2F)cc2c(=O)c(C(=O)O)cn(C(C)CO)c12. The van der Waals surface area contributed by atoms with Crippen molar-refractivity contribution in [2.24, 2.45) is 0 Å². The second kappa shape index (κ2) is 8.41.